The van der Waals surface area contributed by atoms with Crippen molar-refractivity contribution in [2.45, 2.75) is 25.9 Å². The Balaban J connectivity index is 2.61. The van der Waals surface area contributed by atoms with Gasteiger partial charge >= 0.3 is 5.97 Å². The maximum atomic E-state index is 10.9. The van der Waals surface area contributed by atoms with Crippen molar-refractivity contribution in [1.82, 2.24) is 4.90 Å². The first-order valence-electron chi connectivity index (χ1n) is 4.70. The third-order valence-electron chi connectivity index (χ3n) is 2.26. The van der Waals surface area contributed by atoms with E-state index in [1.54, 1.807) is 11.3 Å². The molecule has 1 rings (SSSR count). The number of carbonyl (C=O) groups is 1. The molecule has 0 aliphatic carbocycles. The monoisotopic (exact) mass is 291 g/mol. The van der Waals surface area contributed by atoms with E-state index in [1.165, 1.54) is 0 Å². The fraction of sp³-hybridized carbons (Fsp3) is 0.500. The van der Waals surface area contributed by atoms with E-state index in [0.717, 1.165) is 9.35 Å². The Bertz CT molecular complexity index is 340. The average molecular weight is 292 g/mol. The van der Waals surface area contributed by atoms with Crippen LogP contribution in [0.2, 0.25) is 0 Å². The fourth-order valence-electron chi connectivity index (χ4n) is 1.50. The van der Waals surface area contributed by atoms with Crippen LogP contribution in [0.1, 0.15) is 18.9 Å². The molecule has 0 aliphatic heterocycles. The molecule has 0 aliphatic rings. The first-order valence-corrected chi connectivity index (χ1v) is 6.37. The molecule has 0 saturated heterocycles. The van der Waals surface area contributed by atoms with Gasteiger partial charge in [-0.15, -0.1) is 11.3 Å². The van der Waals surface area contributed by atoms with E-state index in [9.17, 15) is 4.79 Å². The van der Waals surface area contributed by atoms with Gasteiger partial charge in [-0.25, -0.2) is 0 Å². The lowest BCUT2D eigenvalue weighted by Crippen LogP contribution is -2.37. The molecule has 1 atom stereocenters. The summed E-state index contributed by atoms with van der Waals surface area (Å²) in [6.07, 6.45) is 0.622. The lowest BCUT2D eigenvalue weighted by atomic mass is 10.2. The van der Waals surface area contributed by atoms with Gasteiger partial charge in [0.2, 0.25) is 0 Å². The molecule has 1 aromatic heterocycles. The van der Waals surface area contributed by atoms with Gasteiger partial charge in [-0.05, 0) is 46.4 Å². The number of hydrogen-bond donors (Lipinski definition) is 1. The van der Waals surface area contributed by atoms with Gasteiger partial charge < -0.3 is 5.11 Å². The number of rotatable bonds is 5. The van der Waals surface area contributed by atoms with E-state index >= 15 is 0 Å². The second-order valence-electron chi connectivity index (χ2n) is 3.44. The van der Waals surface area contributed by atoms with Gasteiger partial charge in [0, 0.05) is 6.54 Å². The first kappa shape index (κ1) is 12.7. The Labute approximate surface area is 102 Å². The van der Waals surface area contributed by atoms with E-state index in [-0.39, 0.29) is 0 Å². The van der Waals surface area contributed by atoms with Gasteiger partial charge in [-0.2, -0.15) is 0 Å². The summed E-state index contributed by atoms with van der Waals surface area (Å²) >= 11 is 5.01. The van der Waals surface area contributed by atoms with Crippen LogP contribution in [0.25, 0.3) is 0 Å². The van der Waals surface area contributed by atoms with Crippen molar-refractivity contribution >= 4 is 33.2 Å². The van der Waals surface area contributed by atoms with Crippen LogP contribution < -0.4 is 0 Å². The highest BCUT2D eigenvalue weighted by molar-refractivity contribution is 9.11. The van der Waals surface area contributed by atoms with E-state index < -0.39 is 12.0 Å². The number of carboxylic acids is 1. The van der Waals surface area contributed by atoms with Crippen molar-refractivity contribution in [2.24, 2.45) is 0 Å². The molecule has 1 N–H and O–H groups in total. The molecule has 84 valence electrons. The van der Waals surface area contributed by atoms with Gasteiger partial charge in [0.15, 0.2) is 0 Å². The maximum Gasteiger partial charge on any atom is 0.320 e. The zero-order valence-corrected chi connectivity index (χ0v) is 11.1. The second kappa shape index (κ2) is 5.63. The molecule has 0 aromatic carbocycles. The molecule has 0 unspecified atom stereocenters. The molecule has 0 fully saturated rings. The predicted octanol–water partition coefficient (Wildman–Crippen LogP) is 2.81. The molecular formula is C10H14BrNO2S. The first-order chi connectivity index (χ1) is 7.04. The standard InChI is InChI=1S/C10H14BrNO2S/c1-3-8(10(13)14)12(2)5-7-4-9(11)15-6-7/h4,6,8H,3,5H2,1-2H3,(H,13,14)/t8-/m0/s1. The van der Waals surface area contributed by atoms with Crippen LogP contribution in [-0.2, 0) is 11.3 Å². The number of nitrogens with zero attached hydrogens (tertiary/aromatic N) is 1. The van der Waals surface area contributed by atoms with Gasteiger partial charge in [0.05, 0.1) is 3.79 Å². The molecular weight excluding hydrogens is 278 g/mol. The molecule has 1 heterocycles. The van der Waals surface area contributed by atoms with Crippen molar-refractivity contribution in [3.63, 3.8) is 0 Å². The minimum atomic E-state index is -0.755. The summed E-state index contributed by atoms with van der Waals surface area (Å²) in [4.78, 5) is 12.8. The molecule has 5 heteroatoms. The molecule has 15 heavy (non-hydrogen) atoms. The summed E-state index contributed by atoms with van der Waals surface area (Å²) in [5, 5.41) is 11.0. The summed E-state index contributed by atoms with van der Waals surface area (Å²) < 4.78 is 1.08. The maximum absolute atomic E-state index is 10.9. The van der Waals surface area contributed by atoms with Crippen LogP contribution in [0.5, 0.6) is 0 Å². The van der Waals surface area contributed by atoms with Crippen molar-refractivity contribution in [3.8, 4) is 0 Å². The Morgan fingerprint density at radius 1 is 1.73 bits per heavy atom. The third-order valence-corrected chi connectivity index (χ3v) is 3.81. The largest absolute Gasteiger partial charge is 0.480 e. The zero-order chi connectivity index (χ0) is 11.4. The van der Waals surface area contributed by atoms with Crippen LogP contribution in [-0.4, -0.2) is 29.1 Å². The number of aliphatic carboxylic acids is 1. The molecule has 0 bridgehead atoms. The van der Waals surface area contributed by atoms with Crippen LogP contribution in [0.3, 0.4) is 0 Å². The van der Waals surface area contributed by atoms with E-state index in [1.807, 2.05) is 30.3 Å². The van der Waals surface area contributed by atoms with Crippen LogP contribution >= 0.6 is 27.3 Å². The highest BCUT2D eigenvalue weighted by Gasteiger charge is 2.20. The van der Waals surface area contributed by atoms with Gasteiger partial charge in [-0.3, -0.25) is 9.69 Å². The summed E-state index contributed by atoms with van der Waals surface area (Å²) in [6, 6.07) is 1.62. The summed E-state index contributed by atoms with van der Waals surface area (Å²) in [5.74, 6) is -0.755. The van der Waals surface area contributed by atoms with E-state index in [2.05, 4.69) is 15.9 Å². The summed E-state index contributed by atoms with van der Waals surface area (Å²) in [6.45, 7) is 2.56. The van der Waals surface area contributed by atoms with Crippen LogP contribution in [0, 0.1) is 0 Å². The van der Waals surface area contributed by atoms with Crippen molar-refractivity contribution in [1.29, 1.82) is 0 Å². The summed E-state index contributed by atoms with van der Waals surface area (Å²) in [7, 11) is 1.84. The Hall–Kier alpha value is -0.390. The molecule has 0 amide bonds. The number of hydrogen-bond acceptors (Lipinski definition) is 3. The van der Waals surface area contributed by atoms with Crippen LogP contribution in [0.15, 0.2) is 15.2 Å². The average Bonchev–Trinajstić information content (AvgIpc) is 2.51. The lowest BCUT2D eigenvalue weighted by molar-refractivity contribution is -0.143. The summed E-state index contributed by atoms with van der Waals surface area (Å²) in [5.41, 5.74) is 1.15. The number of thiophene rings is 1. The quantitative estimate of drug-likeness (QED) is 0.907. The minimum Gasteiger partial charge on any atom is -0.480 e. The smallest absolute Gasteiger partial charge is 0.320 e. The normalized spacial score (nSPS) is 13.1. The predicted molar refractivity (Wildman–Crippen MR) is 65.2 cm³/mol. The van der Waals surface area contributed by atoms with Crippen molar-refractivity contribution in [3.05, 3.63) is 20.8 Å². The minimum absolute atomic E-state index is 0.399. The van der Waals surface area contributed by atoms with Crippen molar-refractivity contribution < 1.29 is 9.90 Å². The van der Waals surface area contributed by atoms with E-state index in [4.69, 9.17) is 5.11 Å². The number of halogens is 1. The van der Waals surface area contributed by atoms with E-state index in [0.29, 0.717) is 13.0 Å². The Morgan fingerprint density at radius 3 is 2.80 bits per heavy atom. The molecule has 1 aromatic rings. The van der Waals surface area contributed by atoms with Gasteiger partial charge in [-0.1, -0.05) is 6.92 Å². The number of likely N-dealkylation sites (N-methyl/N-ethyl adjacent to an activating group) is 1. The molecule has 0 saturated carbocycles. The molecule has 0 radical (unpaired) electrons. The SMILES string of the molecule is CC[C@@H](C(=O)O)N(C)Cc1csc(Br)c1. The molecule has 3 nitrogen and oxygen atoms in total. The third kappa shape index (κ3) is 3.59. The van der Waals surface area contributed by atoms with Gasteiger partial charge in [0.1, 0.15) is 6.04 Å². The molecule has 0 spiro atoms. The zero-order valence-electron chi connectivity index (χ0n) is 8.74. The van der Waals surface area contributed by atoms with Crippen LogP contribution in [0.4, 0.5) is 0 Å². The van der Waals surface area contributed by atoms with Gasteiger partial charge in [0.25, 0.3) is 0 Å². The number of carboxylic acid groups (broad SMARTS) is 1. The Morgan fingerprint density at radius 2 is 2.40 bits per heavy atom. The highest BCUT2D eigenvalue weighted by Crippen LogP contribution is 2.22. The Kier molecular flexibility index (Phi) is 4.76. The highest BCUT2D eigenvalue weighted by atomic mass is 79.9. The lowest BCUT2D eigenvalue weighted by Gasteiger charge is -2.22. The second-order valence-corrected chi connectivity index (χ2v) is 5.73. The van der Waals surface area contributed by atoms with Crippen molar-refractivity contribution in [2.75, 3.05) is 7.05 Å². The fourth-order valence-corrected chi connectivity index (χ4v) is 2.70. The topological polar surface area (TPSA) is 40.5 Å².